The molecule has 1 aliphatic heterocycles. The summed E-state index contributed by atoms with van der Waals surface area (Å²) in [5, 5.41) is 10.6. The second kappa shape index (κ2) is 7.81. The molecule has 7 nitrogen and oxygen atoms in total. The summed E-state index contributed by atoms with van der Waals surface area (Å²) in [7, 11) is 0. The molecule has 2 fully saturated rings. The Hall–Kier alpha value is -2.96. The maximum absolute atomic E-state index is 13.6. The van der Waals surface area contributed by atoms with Crippen LogP contribution in [0.15, 0.2) is 30.3 Å². The maximum Gasteiger partial charge on any atom is 0.354 e. The number of primary amides is 1. The molecule has 0 spiro atoms. The number of aromatic carboxylic acids is 1. The number of nitrogens with zero attached hydrogens (tertiary/aromatic N) is 2. The van der Waals surface area contributed by atoms with Gasteiger partial charge in [-0.15, -0.1) is 0 Å². The Balaban J connectivity index is 1.79. The molecule has 152 valence electrons. The fourth-order valence-electron chi connectivity index (χ4n) is 4.99. The Morgan fingerprint density at radius 3 is 2.59 bits per heavy atom. The van der Waals surface area contributed by atoms with Crippen LogP contribution in [0.5, 0.6) is 0 Å². The van der Waals surface area contributed by atoms with Gasteiger partial charge in [-0.3, -0.25) is 9.59 Å². The van der Waals surface area contributed by atoms with Gasteiger partial charge in [-0.25, -0.2) is 9.78 Å². The van der Waals surface area contributed by atoms with Gasteiger partial charge in [0.05, 0.1) is 5.69 Å². The Morgan fingerprint density at radius 2 is 1.83 bits per heavy atom. The van der Waals surface area contributed by atoms with E-state index in [9.17, 15) is 19.5 Å². The first-order chi connectivity index (χ1) is 14.0. The van der Waals surface area contributed by atoms with Crippen molar-refractivity contribution in [3.63, 3.8) is 0 Å². The van der Waals surface area contributed by atoms with Crippen molar-refractivity contribution in [1.29, 1.82) is 0 Å². The Morgan fingerprint density at radius 1 is 1.10 bits per heavy atom. The van der Waals surface area contributed by atoms with Crippen LogP contribution in [-0.2, 0) is 9.59 Å². The molecular formula is C22H25N3O4. The third-order valence-corrected chi connectivity index (χ3v) is 6.32. The molecule has 4 rings (SSSR count). The minimum Gasteiger partial charge on any atom is -0.477 e. The average Bonchev–Trinajstić information content (AvgIpc) is 2.72. The van der Waals surface area contributed by atoms with Crippen LogP contribution in [-0.4, -0.2) is 45.4 Å². The molecule has 3 unspecified atom stereocenters. The zero-order valence-corrected chi connectivity index (χ0v) is 16.2. The van der Waals surface area contributed by atoms with Crippen molar-refractivity contribution < 1.29 is 19.5 Å². The van der Waals surface area contributed by atoms with E-state index in [0.717, 1.165) is 32.1 Å². The van der Waals surface area contributed by atoms with Gasteiger partial charge in [-0.05, 0) is 43.1 Å². The number of carbonyl (C=O) groups is 3. The minimum absolute atomic E-state index is 0.126. The molecule has 2 aromatic rings. The fraction of sp³-hybridized carbons (Fsp3) is 0.455. The number of piperidine rings is 1. The first-order valence-corrected chi connectivity index (χ1v) is 10.2. The number of rotatable bonds is 4. The number of fused-ring (bicyclic) bond motifs is 2. The topological polar surface area (TPSA) is 114 Å². The van der Waals surface area contributed by atoms with Gasteiger partial charge in [0.1, 0.15) is 5.69 Å². The number of amides is 2. The highest BCUT2D eigenvalue weighted by Crippen LogP contribution is 2.37. The normalized spacial score (nSPS) is 22.7. The van der Waals surface area contributed by atoms with E-state index in [1.165, 1.54) is 12.5 Å². The second-order valence-electron chi connectivity index (χ2n) is 8.04. The highest BCUT2D eigenvalue weighted by molar-refractivity contribution is 6.08. The Bertz CT molecular complexity index is 972. The third kappa shape index (κ3) is 3.57. The van der Waals surface area contributed by atoms with E-state index < -0.39 is 17.8 Å². The highest BCUT2D eigenvalue weighted by atomic mass is 16.4. The van der Waals surface area contributed by atoms with E-state index >= 15 is 0 Å². The SMILES string of the molecule is NC(=O)C(C(=O)N1CCCC2CCCCC21)c1nc(C(=O)O)cc2ccccc12. The summed E-state index contributed by atoms with van der Waals surface area (Å²) in [5.74, 6) is -3.19. The summed E-state index contributed by atoms with van der Waals surface area (Å²) in [5.41, 5.74) is 5.62. The minimum atomic E-state index is -1.29. The number of carboxylic acid groups (broad SMARTS) is 1. The van der Waals surface area contributed by atoms with Crippen molar-refractivity contribution >= 4 is 28.6 Å². The van der Waals surface area contributed by atoms with Crippen LogP contribution >= 0.6 is 0 Å². The smallest absolute Gasteiger partial charge is 0.354 e. The Labute approximate surface area is 168 Å². The molecule has 0 bridgehead atoms. The number of carbonyl (C=O) groups excluding carboxylic acids is 2. The number of aromatic nitrogens is 1. The lowest BCUT2D eigenvalue weighted by Gasteiger charge is -2.45. The molecule has 2 amide bonds. The number of hydrogen-bond donors (Lipinski definition) is 2. The van der Waals surface area contributed by atoms with Crippen LogP contribution in [0.3, 0.4) is 0 Å². The third-order valence-electron chi connectivity index (χ3n) is 6.32. The molecule has 29 heavy (non-hydrogen) atoms. The molecule has 1 saturated heterocycles. The lowest BCUT2D eigenvalue weighted by Crippen LogP contribution is -2.52. The van der Waals surface area contributed by atoms with E-state index in [-0.39, 0.29) is 23.3 Å². The van der Waals surface area contributed by atoms with Gasteiger partial charge >= 0.3 is 5.97 Å². The number of carboxylic acids is 1. The van der Waals surface area contributed by atoms with E-state index in [4.69, 9.17) is 5.73 Å². The van der Waals surface area contributed by atoms with Crippen molar-refractivity contribution in [3.8, 4) is 0 Å². The van der Waals surface area contributed by atoms with Crippen LogP contribution in [0, 0.1) is 5.92 Å². The van der Waals surface area contributed by atoms with Crippen molar-refractivity contribution in [1.82, 2.24) is 9.88 Å². The van der Waals surface area contributed by atoms with E-state index in [2.05, 4.69) is 4.98 Å². The molecule has 1 aromatic carbocycles. The van der Waals surface area contributed by atoms with Gasteiger partial charge in [-0.1, -0.05) is 37.1 Å². The van der Waals surface area contributed by atoms with Gasteiger partial charge in [-0.2, -0.15) is 0 Å². The largest absolute Gasteiger partial charge is 0.477 e. The van der Waals surface area contributed by atoms with Crippen LogP contribution in [0.2, 0.25) is 0 Å². The van der Waals surface area contributed by atoms with Gasteiger partial charge in [0, 0.05) is 18.0 Å². The summed E-state index contributed by atoms with van der Waals surface area (Å²) in [4.78, 5) is 43.6. The molecule has 0 radical (unpaired) electrons. The van der Waals surface area contributed by atoms with Crippen molar-refractivity contribution in [2.45, 2.75) is 50.5 Å². The van der Waals surface area contributed by atoms with Crippen molar-refractivity contribution in [3.05, 3.63) is 41.7 Å². The maximum atomic E-state index is 13.6. The molecule has 7 heteroatoms. The summed E-state index contributed by atoms with van der Waals surface area (Å²) in [6.45, 7) is 0.598. The fourth-order valence-corrected chi connectivity index (χ4v) is 4.99. The first kappa shape index (κ1) is 19.4. The standard InChI is InChI=1S/C22H25N3O4/c23-20(26)18(21(27)25-11-5-8-13-6-2-4-10-17(13)25)19-15-9-3-1-7-14(15)12-16(24-19)22(28)29/h1,3,7,9,12-13,17-18H,2,4-6,8,10-11H2,(H2,23,26)(H,28,29). The number of nitrogens with two attached hydrogens (primary N) is 1. The summed E-state index contributed by atoms with van der Waals surface area (Å²) >= 11 is 0. The number of hydrogen-bond acceptors (Lipinski definition) is 4. The number of benzene rings is 1. The number of likely N-dealkylation sites (tertiary alicyclic amines) is 1. The molecule has 3 N–H and O–H groups in total. The van der Waals surface area contributed by atoms with Gasteiger partial charge in [0.2, 0.25) is 11.8 Å². The van der Waals surface area contributed by atoms with E-state index in [1.807, 2.05) is 4.90 Å². The van der Waals surface area contributed by atoms with Crippen LogP contribution < -0.4 is 5.73 Å². The summed E-state index contributed by atoms with van der Waals surface area (Å²) < 4.78 is 0. The lowest BCUT2D eigenvalue weighted by atomic mass is 9.77. The van der Waals surface area contributed by atoms with Gasteiger partial charge in [0.15, 0.2) is 5.92 Å². The summed E-state index contributed by atoms with van der Waals surface area (Å²) in [6, 6.07) is 8.60. The predicted octanol–water partition coefficient (Wildman–Crippen LogP) is 2.68. The quantitative estimate of drug-likeness (QED) is 0.773. The first-order valence-electron chi connectivity index (χ1n) is 10.2. The molecule has 2 aliphatic rings. The highest BCUT2D eigenvalue weighted by Gasteiger charge is 2.41. The van der Waals surface area contributed by atoms with E-state index in [1.54, 1.807) is 24.3 Å². The van der Waals surface area contributed by atoms with E-state index in [0.29, 0.717) is 23.2 Å². The lowest BCUT2D eigenvalue weighted by molar-refractivity contribution is -0.142. The van der Waals surface area contributed by atoms with Crippen LogP contribution in [0.1, 0.15) is 60.6 Å². The molecule has 2 heterocycles. The molecule has 3 atom stereocenters. The molecule has 1 aromatic heterocycles. The molecule has 1 aliphatic carbocycles. The van der Waals surface area contributed by atoms with Crippen LogP contribution in [0.4, 0.5) is 0 Å². The zero-order valence-electron chi connectivity index (χ0n) is 16.2. The predicted molar refractivity (Wildman–Crippen MR) is 107 cm³/mol. The van der Waals surface area contributed by atoms with Gasteiger partial charge < -0.3 is 15.7 Å². The van der Waals surface area contributed by atoms with Gasteiger partial charge in [0.25, 0.3) is 0 Å². The second-order valence-corrected chi connectivity index (χ2v) is 8.04. The van der Waals surface area contributed by atoms with Crippen molar-refractivity contribution in [2.75, 3.05) is 6.54 Å². The molecular weight excluding hydrogens is 370 g/mol. The van der Waals surface area contributed by atoms with Crippen LogP contribution in [0.25, 0.3) is 10.8 Å². The summed E-state index contributed by atoms with van der Waals surface area (Å²) in [6.07, 6.45) is 6.29. The number of pyridine rings is 1. The van der Waals surface area contributed by atoms with Crippen molar-refractivity contribution in [2.24, 2.45) is 11.7 Å². The average molecular weight is 395 g/mol. The Kier molecular flexibility index (Phi) is 5.22. The molecule has 1 saturated carbocycles. The monoisotopic (exact) mass is 395 g/mol. The zero-order chi connectivity index (χ0) is 20.5.